The van der Waals surface area contributed by atoms with Crippen LogP contribution in [-0.4, -0.2) is 37.7 Å². The van der Waals surface area contributed by atoms with Crippen LogP contribution in [0.1, 0.15) is 25.8 Å². The number of hydrogen-bond donors (Lipinski definition) is 1. The molecule has 102 valence electrons. The molecule has 3 heteroatoms. The lowest BCUT2D eigenvalue weighted by molar-refractivity contribution is 0.150. The summed E-state index contributed by atoms with van der Waals surface area (Å²) >= 11 is 0. The summed E-state index contributed by atoms with van der Waals surface area (Å²) in [4.78, 5) is 2.37. The molecule has 0 saturated heterocycles. The lowest BCUT2D eigenvalue weighted by atomic mass is 9.98. The lowest BCUT2D eigenvalue weighted by Gasteiger charge is -2.35. The van der Waals surface area contributed by atoms with Gasteiger partial charge in [-0.25, -0.2) is 0 Å². The molecule has 0 saturated carbocycles. The Labute approximate surface area is 111 Å². The van der Waals surface area contributed by atoms with Gasteiger partial charge in [0, 0.05) is 12.1 Å². The molecule has 0 atom stereocenters. The Morgan fingerprint density at radius 1 is 1.33 bits per heavy atom. The highest BCUT2D eigenvalue weighted by atomic mass is 16.5. The number of nitrogens with zero attached hydrogens (tertiary/aromatic N) is 1. The number of hydrogen-bond acceptors (Lipinski definition) is 3. The number of ether oxygens (including phenoxy) is 1. The second-order valence-corrected chi connectivity index (χ2v) is 5.37. The molecule has 0 radical (unpaired) electrons. The number of methoxy groups -OCH3 is 1. The number of benzene rings is 1. The van der Waals surface area contributed by atoms with Gasteiger partial charge in [0.1, 0.15) is 5.75 Å². The fourth-order valence-electron chi connectivity index (χ4n) is 1.97. The Morgan fingerprint density at radius 2 is 2.06 bits per heavy atom. The van der Waals surface area contributed by atoms with Crippen molar-refractivity contribution in [1.29, 1.82) is 0 Å². The quantitative estimate of drug-likeness (QED) is 0.807. The predicted octanol–water partition coefficient (Wildman–Crippen LogP) is 2.30. The summed E-state index contributed by atoms with van der Waals surface area (Å²) in [5, 5.41) is 0. The van der Waals surface area contributed by atoms with Gasteiger partial charge in [0.15, 0.2) is 0 Å². The third-order valence-corrected chi connectivity index (χ3v) is 3.66. The van der Waals surface area contributed by atoms with Gasteiger partial charge in [0.05, 0.1) is 7.11 Å². The normalized spacial score (nSPS) is 11.9. The summed E-state index contributed by atoms with van der Waals surface area (Å²) in [5.41, 5.74) is 7.12. The molecule has 0 aromatic heterocycles. The highest BCUT2D eigenvalue weighted by Crippen LogP contribution is 2.18. The third kappa shape index (κ3) is 4.31. The van der Waals surface area contributed by atoms with E-state index in [9.17, 15) is 0 Å². The molecular formula is C15H26N2O. The van der Waals surface area contributed by atoms with E-state index in [1.54, 1.807) is 7.11 Å². The van der Waals surface area contributed by atoms with Gasteiger partial charge < -0.3 is 15.4 Å². The second kappa shape index (κ2) is 6.76. The average Bonchev–Trinajstić information content (AvgIpc) is 2.36. The maximum absolute atomic E-state index is 5.65. The molecule has 0 fully saturated rings. The highest BCUT2D eigenvalue weighted by molar-refractivity contribution is 5.28. The Hall–Kier alpha value is -1.06. The molecule has 0 aliphatic rings. The molecule has 0 unspecified atom stereocenters. The van der Waals surface area contributed by atoms with Crippen LogP contribution in [0.15, 0.2) is 24.3 Å². The fourth-order valence-corrected chi connectivity index (χ4v) is 1.97. The second-order valence-electron chi connectivity index (χ2n) is 5.37. The van der Waals surface area contributed by atoms with E-state index in [1.807, 2.05) is 12.1 Å². The van der Waals surface area contributed by atoms with Crippen molar-refractivity contribution in [2.45, 2.75) is 32.2 Å². The van der Waals surface area contributed by atoms with Crippen molar-refractivity contribution in [2.75, 3.05) is 27.2 Å². The van der Waals surface area contributed by atoms with E-state index in [0.717, 1.165) is 31.7 Å². The number of likely N-dealkylation sites (N-methyl/N-ethyl adjacent to an activating group) is 1. The van der Waals surface area contributed by atoms with E-state index in [1.165, 1.54) is 5.56 Å². The minimum atomic E-state index is 0.160. The Bertz CT molecular complexity index is 363. The summed E-state index contributed by atoms with van der Waals surface area (Å²) in [6.45, 7) is 6.24. The monoisotopic (exact) mass is 250 g/mol. The van der Waals surface area contributed by atoms with E-state index in [2.05, 4.69) is 37.9 Å². The van der Waals surface area contributed by atoms with E-state index >= 15 is 0 Å². The Balaban J connectivity index is 2.53. The molecule has 1 aromatic carbocycles. The minimum absolute atomic E-state index is 0.160. The first-order valence-corrected chi connectivity index (χ1v) is 6.54. The van der Waals surface area contributed by atoms with Gasteiger partial charge in [-0.05, 0) is 58.0 Å². The predicted molar refractivity (Wildman–Crippen MR) is 77.1 cm³/mol. The third-order valence-electron chi connectivity index (χ3n) is 3.66. The average molecular weight is 250 g/mol. The van der Waals surface area contributed by atoms with Crippen molar-refractivity contribution in [1.82, 2.24) is 4.90 Å². The van der Waals surface area contributed by atoms with Crippen LogP contribution < -0.4 is 10.5 Å². The zero-order chi connectivity index (χ0) is 13.6. The van der Waals surface area contributed by atoms with Gasteiger partial charge in [-0.2, -0.15) is 0 Å². The summed E-state index contributed by atoms with van der Waals surface area (Å²) in [5.74, 6) is 0.927. The molecule has 2 N–H and O–H groups in total. The van der Waals surface area contributed by atoms with Crippen LogP contribution in [0.25, 0.3) is 0 Å². The molecule has 0 spiro atoms. The van der Waals surface area contributed by atoms with Crippen LogP contribution >= 0.6 is 0 Å². The van der Waals surface area contributed by atoms with Gasteiger partial charge in [0.25, 0.3) is 0 Å². The van der Waals surface area contributed by atoms with Gasteiger partial charge in [-0.15, -0.1) is 0 Å². The van der Waals surface area contributed by atoms with E-state index in [4.69, 9.17) is 10.5 Å². The lowest BCUT2D eigenvalue weighted by Crippen LogP contribution is -2.43. The maximum atomic E-state index is 5.65. The SMILES string of the molecule is COc1cccc(CCN(C)C(C)(C)CCN)c1. The maximum Gasteiger partial charge on any atom is 0.119 e. The molecule has 3 nitrogen and oxygen atoms in total. The molecule has 0 aliphatic heterocycles. The minimum Gasteiger partial charge on any atom is -0.497 e. The number of nitrogens with two attached hydrogens (primary N) is 1. The van der Waals surface area contributed by atoms with Crippen molar-refractivity contribution in [3.63, 3.8) is 0 Å². The molecule has 1 rings (SSSR count). The summed E-state index contributed by atoms with van der Waals surface area (Å²) in [7, 11) is 3.87. The van der Waals surface area contributed by atoms with Gasteiger partial charge >= 0.3 is 0 Å². The largest absolute Gasteiger partial charge is 0.497 e. The van der Waals surface area contributed by atoms with Crippen molar-refractivity contribution in [3.05, 3.63) is 29.8 Å². The zero-order valence-corrected chi connectivity index (χ0v) is 12.1. The summed E-state index contributed by atoms with van der Waals surface area (Å²) in [6.07, 6.45) is 2.04. The van der Waals surface area contributed by atoms with E-state index in [-0.39, 0.29) is 5.54 Å². The van der Waals surface area contributed by atoms with Crippen LogP contribution in [0.5, 0.6) is 5.75 Å². The van der Waals surface area contributed by atoms with Gasteiger partial charge in [-0.1, -0.05) is 12.1 Å². The van der Waals surface area contributed by atoms with Crippen molar-refractivity contribution in [3.8, 4) is 5.75 Å². The fraction of sp³-hybridized carbons (Fsp3) is 0.600. The van der Waals surface area contributed by atoms with Gasteiger partial charge in [0.2, 0.25) is 0 Å². The zero-order valence-electron chi connectivity index (χ0n) is 12.1. The topological polar surface area (TPSA) is 38.5 Å². The van der Waals surface area contributed by atoms with Crippen molar-refractivity contribution < 1.29 is 4.74 Å². The van der Waals surface area contributed by atoms with Crippen LogP contribution in [0.4, 0.5) is 0 Å². The Morgan fingerprint density at radius 3 is 2.67 bits per heavy atom. The molecule has 1 aromatic rings. The first-order chi connectivity index (χ1) is 8.49. The Kier molecular flexibility index (Phi) is 5.63. The highest BCUT2D eigenvalue weighted by Gasteiger charge is 2.21. The molecule has 0 bridgehead atoms. The first-order valence-electron chi connectivity index (χ1n) is 6.54. The van der Waals surface area contributed by atoms with E-state index in [0.29, 0.717) is 0 Å². The molecule has 0 amide bonds. The number of rotatable bonds is 7. The summed E-state index contributed by atoms with van der Waals surface area (Å²) in [6, 6.07) is 8.26. The molecular weight excluding hydrogens is 224 g/mol. The van der Waals surface area contributed by atoms with Crippen LogP contribution in [0, 0.1) is 0 Å². The van der Waals surface area contributed by atoms with Crippen molar-refractivity contribution >= 4 is 0 Å². The first kappa shape index (κ1) is 15.0. The van der Waals surface area contributed by atoms with E-state index < -0.39 is 0 Å². The molecule has 0 heterocycles. The standard InChI is InChI=1S/C15H26N2O/c1-15(2,9-10-16)17(3)11-8-13-6-5-7-14(12-13)18-4/h5-7,12H,8-11,16H2,1-4H3. The van der Waals surface area contributed by atoms with Crippen LogP contribution in [-0.2, 0) is 6.42 Å². The van der Waals surface area contributed by atoms with Gasteiger partial charge in [-0.3, -0.25) is 0 Å². The molecule has 0 aliphatic carbocycles. The summed E-state index contributed by atoms with van der Waals surface area (Å²) < 4.78 is 5.24. The van der Waals surface area contributed by atoms with Crippen molar-refractivity contribution in [2.24, 2.45) is 5.73 Å². The molecule has 18 heavy (non-hydrogen) atoms. The van der Waals surface area contributed by atoms with Crippen LogP contribution in [0.3, 0.4) is 0 Å². The smallest absolute Gasteiger partial charge is 0.119 e. The van der Waals surface area contributed by atoms with Crippen LogP contribution in [0.2, 0.25) is 0 Å².